The number of aromatic hydroxyl groups is 1. The molecule has 0 spiro atoms. The molecule has 0 heterocycles. The lowest BCUT2D eigenvalue weighted by atomic mass is 10.2. The second kappa shape index (κ2) is 8.99. The Morgan fingerprint density at radius 3 is 1.93 bits per heavy atom. The van der Waals surface area contributed by atoms with Crippen molar-refractivity contribution in [1.82, 2.24) is 0 Å². The Balaban J connectivity index is 0. The van der Waals surface area contributed by atoms with Gasteiger partial charge >= 0.3 is 0 Å². The second-order valence-electron chi connectivity index (χ2n) is 2.28. The molecule has 1 aromatic carbocycles. The Hall–Kier alpha value is -1.58. The number of hydrogen-bond acceptors (Lipinski definition) is 3. The van der Waals surface area contributed by atoms with Gasteiger partial charge in [-0.15, -0.1) is 0 Å². The summed E-state index contributed by atoms with van der Waals surface area (Å²) in [4.78, 5) is 9.66. The van der Waals surface area contributed by atoms with E-state index >= 15 is 0 Å². The summed E-state index contributed by atoms with van der Waals surface area (Å²) in [6.07, 6.45) is 0. The number of benzene rings is 1. The van der Waals surface area contributed by atoms with Gasteiger partial charge in [-0.25, -0.2) is 0 Å². The van der Waals surface area contributed by atoms with E-state index < -0.39 is 4.92 Å². The molecule has 0 amide bonds. The summed E-state index contributed by atoms with van der Waals surface area (Å²) in [5.74, 6) is -0.0725. The number of nitro groups is 1. The van der Waals surface area contributed by atoms with Gasteiger partial charge in [0.15, 0.2) is 0 Å². The standard InChI is InChI=1S/C7H7NO3.2C2H6/c1-5-2-6(8(10)11)4-7(9)3-5;2*1-2/h2-4,9H,1H3;2*1-2H3. The third-order valence-electron chi connectivity index (χ3n) is 1.26. The molecule has 0 aliphatic rings. The van der Waals surface area contributed by atoms with Gasteiger partial charge in [0.1, 0.15) is 5.75 Å². The minimum atomic E-state index is -0.535. The highest BCUT2D eigenvalue weighted by molar-refractivity contribution is 5.41. The number of phenols is 1. The van der Waals surface area contributed by atoms with Crippen LogP contribution in [0.5, 0.6) is 5.75 Å². The van der Waals surface area contributed by atoms with Crippen molar-refractivity contribution in [2.75, 3.05) is 0 Å². The molecule has 0 aliphatic carbocycles. The first kappa shape index (κ1) is 15.9. The first-order chi connectivity index (χ1) is 7.09. The van der Waals surface area contributed by atoms with Crippen molar-refractivity contribution in [1.29, 1.82) is 0 Å². The highest BCUT2D eigenvalue weighted by atomic mass is 16.6. The van der Waals surface area contributed by atoms with Crippen LogP contribution in [-0.4, -0.2) is 10.0 Å². The summed E-state index contributed by atoms with van der Waals surface area (Å²) in [6, 6.07) is 3.99. The van der Waals surface area contributed by atoms with Crippen molar-refractivity contribution < 1.29 is 10.0 Å². The van der Waals surface area contributed by atoms with Gasteiger partial charge in [-0.1, -0.05) is 27.7 Å². The number of rotatable bonds is 1. The summed E-state index contributed by atoms with van der Waals surface area (Å²) < 4.78 is 0. The molecule has 0 radical (unpaired) electrons. The fourth-order valence-corrected chi connectivity index (χ4v) is 0.848. The van der Waals surface area contributed by atoms with Gasteiger partial charge in [0, 0.05) is 6.07 Å². The predicted octanol–water partition coefficient (Wildman–Crippen LogP) is 3.66. The number of phenolic OH excluding ortho intramolecular Hbond substituents is 1. The first-order valence-corrected chi connectivity index (χ1v) is 5.04. The van der Waals surface area contributed by atoms with Crippen molar-refractivity contribution >= 4 is 5.69 Å². The normalized spacial score (nSPS) is 7.80. The van der Waals surface area contributed by atoms with Crippen molar-refractivity contribution in [2.45, 2.75) is 34.6 Å². The number of non-ortho nitro benzene ring substituents is 1. The molecule has 0 aromatic heterocycles. The van der Waals surface area contributed by atoms with Crippen LogP contribution in [0.1, 0.15) is 33.3 Å². The maximum absolute atomic E-state index is 10.2. The SMILES string of the molecule is CC.CC.Cc1cc(O)cc([N+](=O)[O-])c1. The molecule has 0 unspecified atom stereocenters. The van der Waals surface area contributed by atoms with Crippen LogP contribution in [0.15, 0.2) is 18.2 Å². The Labute approximate surface area is 90.7 Å². The monoisotopic (exact) mass is 213 g/mol. The summed E-state index contributed by atoms with van der Waals surface area (Å²) in [6.45, 7) is 9.69. The third-order valence-corrected chi connectivity index (χ3v) is 1.26. The van der Waals surface area contributed by atoms with E-state index in [1.54, 1.807) is 6.92 Å². The Kier molecular flexibility index (Phi) is 9.52. The molecule has 0 fully saturated rings. The van der Waals surface area contributed by atoms with Crippen molar-refractivity contribution in [3.63, 3.8) is 0 Å². The van der Waals surface area contributed by atoms with Gasteiger partial charge in [-0.2, -0.15) is 0 Å². The van der Waals surface area contributed by atoms with Crippen LogP contribution < -0.4 is 0 Å². The summed E-state index contributed by atoms with van der Waals surface area (Å²) >= 11 is 0. The lowest BCUT2D eigenvalue weighted by molar-refractivity contribution is -0.385. The molecule has 0 saturated heterocycles. The molecule has 0 bridgehead atoms. The van der Waals surface area contributed by atoms with Gasteiger partial charge in [0.05, 0.1) is 11.0 Å². The van der Waals surface area contributed by atoms with Gasteiger partial charge in [-0.3, -0.25) is 10.1 Å². The highest BCUT2D eigenvalue weighted by Gasteiger charge is 2.06. The third kappa shape index (κ3) is 6.49. The van der Waals surface area contributed by atoms with Crippen molar-refractivity contribution in [2.24, 2.45) is 0 Å². The fourth-order valence-electron chi connectivity index (χ4n) is 0.848. The van der Waals surface area contributed by atoms with E-state index in [2.05, 4.69) is 0 Å². The number of nitro benzene ring substituents is 1. The summed E-state index contributed by atoms with van der Waals surface area (Å²) in [5.41, 5.74) is 0.596. The number of hydrogen-bond donors (Lipinski definition) is 1. The zero-order chi connectivity index (χ0) is 12.4. The lowest BCUT2D eigenvalue weighted by Gasteiger charge is -1.94. The molecule has 1 N–H and O–H groups in total. The van der Waals surface area contributed by atoms with Crippen LogP contribution in [-0.2, 0) is 0 Å². The van der Waals surface area contributed by atoms with Crippen molar-refractivity contribution in [3.8, 4) is 5.75 Å². The average Bonchev–Trinajstić information content (AvgIpc) is 2.22. The molecule has 86 valence electrons. The largest absolute Gasteiger partial charge is 0.508 e. The molecule has 15 heavy (non-hydrogen) atoms. The van der Waals surface area contributed by atoms with Crippen LogP contribution in [0.4, 0.5) is 5.69 Å². The summed E-state index contributed by atoms with van der Waals surface area (Å²) in [7, 11) is 0. The first-order valence-electron chi connectivity index (χ1n) is 5.04. The van der Waals surface area contributed by atoms with E-state index in [0.717, 1.165) is 6.07 Å². The van der Waals surface area contributed by atoms with E-state index in [-0.39, 0.29) is 11.4 Å². The fraction of sp³-hybridized carbons (Fsp3) is 0.455. The zero-order valence-corrected chi connectivity index (χ0v) is 9.94. The molecular formula is C11H19NO3. The van der Waals surface area contributed by atoms with Gasteiger partial charge < -0.3 is 5.11 Å². The Bertz CT molecular complexity index is 278. The number of nitrogens with zero attached hydrogens (tertiary/aromatic N) is 1. The number of aryl methyl sites for hydroxylation is 1. The van der Waals surface area contributed by atoms with Crippen LogP contribution in [0, 0.1) is 17.0 Å². The van der Waals surface area contributed by atoms with E-state index in [9.17, 15) is 10.1 Å². The molecule has 0 atom stereocenters. The Morgan fingerprint density at radius 1 is 1.13 bits per heavy atom. The minimum absolute atomic E-state index is 0.0725. The van der Waals surface area contributed by atoms with E-state index in [0.29, 0.717) is 5.56 Å². The topological polar surface area (TPSA) is 63.4 Å². The Morgan fingerprint density at radius 2 is 1.60 bits per heavy atom. The molecule has 1 rings (SSSR count). The predicted molar refractivity (Wildman–Crippen MR) is 62.2 cm³/mol. The van der Waals surface area contributed by atoms with Gasteiger partial charge in [-0.05, 0) is 18.6 Å². The summed E-state index contributed by atoms with van der Waals surface area (Å²) in [5, 5.41) is 19.1. The molecule has 4 nitrogen and oxygen atoms in total. The van der Waals surface area contributed by atoms with E-state index in [1.807, 2.05) is 27.7 Å². The molecule has 0 saturated carbocycles. The molecular weight excluding hydrogens is 194 g/mol. The molecule has 4 heteroatoms. The van der Waals surface area contributed by atoms with E-state index in [1.165, 1.54) is 12.1 Å². The highest BCUT2D eigenvalue weighted by Crippen LogP contribution is 2.20. The second-order valence-corrected chi connectivity index (χ2v) is 2.28. The lowest BCUT2D eigenvalue weighted by Crippen LogP contribution is -1.87. The molecule has 0 aliphatic heterocycles. The average molecular weight is 213 g/mol. The quantitative estimate of drug-likeness (QED) is 0.572. The maximum atomic E-state index is 10.2. The minimum Gasteiger partial charge on any atom is -0.508 e. The van der Waals surface area contributed by atoms with Crippen LogP contribution in [0.2, 0.25) is 0 Å². The zero-order valence-electron chi connectivity index (χ0n) is 9.94. The van der Waals surface area contributed by atoms with Gasteiger partial charge in [0.2, 0.25) is 0 Å². The molecule has 1 aromatic rings. The smallest absolute Gasteiger partial charge is 0.273 e. The van der Waals surface area contributed by atoms with Gasteiger partial charge in [0.25, 0.3) is 5.69 Å². The van der Waals surface area contributed by atoms with E-state index in [4.69, 9.17) is 5.11 Å². The van der Waals surface area contributed by atoms with Crippen LogP contribution in [0.25, 0.3) is 0 Å². The maximum Gasteiger partial charge on any atom is 0.273 e. The van der Waals surface area contributed by atoms with Crippen molar-refractivity contribution in [3.05, 3.63) is 33.9 Å². The van der Waals surface area contributed by atoms with Crippen LogP contribution in [0.3, 0.4) is 0 Å². The van der Waals surface area contributed by atoms with Crippen LogP contribution >= 0.6 is 0 Å².